The number of benzene rings is 1. The maximum absolute atomic E-state index is 12.6. The van der Waals surface area contributed by atoms with Crippen molar-refractivity contribution in [3.8, 4) is 0 Å². The quantitative estimate of drug-likeness (QED) is 0.546. The molecule has 1 unspecified atom stereocenters. The number of nitrogens with zero attached hydrogens (tertiary/aromatic N) is 1. The van der Waals surface area contributed by atoms with Crippen molar-refractivity contribution in [3.05, 3.63) is 35.9 Å². The molecule has 0 aliphatic heterocycles. The van der Waals surface area contributed by atoms with Gasteiger partial charge in [-0.1, -0.05) is 44.9 Å². The van der Waals surface area contributed by atoms with Crippen LogP contribution < -0.4 is 0 Å². The minimum Gasteiger partial charge on any atom is -0.469 e. The number of carbonyl (C=O) groups is 2. The van der Waals surface area contributed by atoms with Crippen LogP contribution in [0.4, 0.5) is 0 Å². The zero-order valence-electron chi connectivity index (χ0n) is 13.2. The van der Waals surface area contributed by atoms with Gasteiger partial charge in [-0.3, -0.25) is 9.59 Å². The molecule has 116 valence electrons. The van der Waals surface area contributed by atoms with Crippen LogP contribution >= 0.6 is 0 Å². The van der Waals surface area contributed by atoms with Gasteiger partial charge >= 0.3 is 5.97 Å². The topological polar surface area (TPSA) is 46.6 Å². The standard InChI is InChI=1S/C17H25NO3/c1-4-5-9-12-18(13-14(2)17(20)21-3)16(19)15-10-7-6-8-11-15/h6-8,10-11,14H,4-5,9,12-13H2,1-3H3. The minimum absolute atomic E-state index is 0.0255. The summed E-state index contributed by atoms with van der Waals surface area (Å²) in [6.07, 6.45) is 3.12. The number of ether oxygens (including phenoxy) is 1. The van der Waals surface area contributed by atoms with Crippen LogP contribution in [0.3, 0.4) is 0 Å². The van der Waals surface area contributed by atoms with Crippen molar-refractivity contribution >= 4 is 11.9 Å². The predicted molar refractivity (Wildman–Crippen MR) is 83.1 cm³/mol. The van der Waals surface area contributed by atoms with Crippen LogP contribution in [0.1, 0.15) is 43.5 Å². The fourth-order valence-corrected chi connectivity index (χ4v) is 2.20. The van der Waals surface area contributed by atoms with Gasteiger partial charge in [0, 0.05) is 18.7 Å². The summed E-state index contributed by atoms with van der Waals surface area (Å²) in [4.78, 5) is 25.9. The van der Waals surface area contributed by atoms with E-state index < -0.39 is 0 Å². The molecule has 0 radical (unpaired) electrons. The molecule has 0 spiro atoms. The molecule has 4 nitrogen and oxygen atoms in total. The van der Waals surface area contributed by atoms with Gasteiger partial charge in [0.15, 0.2) is 0 Å². The van der Waals surface area contributed by atoms with E-state index in [0.29, 0.717) is 18.7 Å². The second-order valence-electron chi connectivity index (χ2n) is 5.25. The number of methoxy groups -OCH3 is 1. The van der Waals surface area contributed by atoms with E-state index in [1.165, 1.54) is 7.11 Å². The minimum atomic E-state index is -0.315. The average Bonchev–Trinajstić information content (AvgIpc) is 2.53. The SMILES string of the molecule is CCCCCN(CC(C)C(=O)OC)C(=O)c1ccccc1. The van der Waals surface area contributed by atoms with Crippen molar-refractivity contribution < 1.29 is 14.3 Å². The Morgan fingerprint density at radius 3 is 2.43 bits per heavy atom. The van der Waals surface area contributed by atoms with E-state index in [1.807, 2.05) is 18.2 Å². The summed E-state index contributed by atoms with van der Waals surface area (Å²) in [5, 5.41) is 0. The third-order valence-electron chi connectivity index (χ3n) is 3.44. The van der Waals surface area contributed by atoms with Gasteiger partial charge in [-0.2, -0.15) is 0 Å². The normalized spacial score (nSPS) is 11.8. The van der Waals surface area contributed by atoms with Gasteiger partial charge in [-0.25, -0.2) is 0 Å². The van der Waals surface area contributed by atoms with E-state index in [4.69, 9.17) is 4.74 Å². The third-order valence-corrected chi connectivity index (χ3v) is 3.44. The van der Waals surface area contributed by atoms with Crippen molar-refractivity contribution in [1.82, 2.24) is 4.90 Å². The molecule has 1 aromatic rings. The lowest BCUT2D eigenvalue weighted by atomic mass is 10.1. The molecule has 0 aliphatic rings. The van der Waals surface area contributed by atoms with Crippen LogP contribution in [0, 0.1) is 5.92 Å². The van der Waals surface area contributed by atoms with E-state index in [-0.39, 0.29) is 17.8 Å². The van der Waals surface area contributed by atoms with Crippen LogP contribution in [-0.4, -0.2) is 37.0 Å². The molecule has 0 bridgehead atoms. The molecule has 1 aromatic carbocycles. The maximum Gasteiger partial charge on any atom is 0.310 e. The van der Waals surface area contributed by atoms with Crippen molar-refractivity contribution in [1.29, 1.82) is 0 Å². The lowest BCUT2D eigenvalue weighted by Crippen LogP contribution is -2.38. The number of hydrogen-bond donors (Lipinski definition) is 0. The number of amides is 1. The number of carbonyl (C=O) groups excluding carboxylic acids is 2. The Hall–Kier alpha value is -1.84. The molecule has 0 heterocycles. The van der Waals surface area contributed by atoms with E-state index >= 15 is 0 Å². The molecule has 4 heteroatoms. The smallest absolute Gasteiger partial charge is 0.310 e. The van der Waals surface area contributed by atoms with E-state index in [0.717, 1.165) is 19.3 Å². The number of rotatable bonds is 8. The third kappa shape index (κ3) is 5.58. The Kier molecular flexibility index (Phi) is 7.51. The fourth-order valence-electron chi connectivity index (χ4n) is 2.20. The molecule has 1 rings (SSSR count). The monoisotopic (exact) mass is 291 g/mol. The second kappa shape index (κ2) is 9.16. The van der Waals surface area contributed by atoms with Crippen molar-refractivity contribution in [2.24, 2.45) is 5.92 Å². The Bertz CT molecular complexity index is 445. The molecule has 21 heavy (non-hydrogen) atoms. The summed E-state index contributed by atoms with van der Waals surface area (Å²) < 4.78 is 4.75. The van der Waals surface area contributed by atoms with Gasteiger partial charge in [0.05, 0.1) is 13.0 Å². The molecular formula is C17H25NO3. The van der Waals surface area contributed by atoms with Crippen LogP contribution in [0.25, 0.3) is 0 Å². The maximum atomic E-state index is 12.6. The van der Waals surface area contributed by atoms with Crippen molar-refractivity contribution in [2.45, 2.75) is 33.1 Å². The van der Waals surface area contributed by atoms with Crippen molar-refractivity contribution in [2.75, 3.05) is 20.2 Å². The highest BCUT2D eigenvalue weighted by molar-refractivity contribution is 5.94. The fraction of sp³-hybridized carbons (Fsp3) is 0.529. The van der Waals surface area contributed by atoms with E-state index in [9.17, 15) is 9.59 Å². The van der Waals surface area contributed by atoms with Gasteiger partial charge in [0.25, 0.3) is 5.91 Å². The molecular weight excluding hydrogens is 266 g/mol. The molecule has 0 aromatic heterocycles. The zero-order valence-corrected chi connectivity index (χ0v) is 13.2. The first-order valence-corrected chi connectivity index (χ1v) is 7.52. The first-order valence-electron chi connectivity index (χ1n) is 7.52. The summed E-state index contributed by atoms with van der Waals surface area (Å²) in [5.74, 6) is -0.622. The van der Waals surface area contributed by atoms with Gasteiger partial charge in [-0.05, 0) is 18.6 Å². The van der Waals surface area contributed by atoms with Crippen LogP contribution in [-0.2, 0) is 9.53 Å². The number of unbranched alkanes of at least 4 members (excludes halogenated alkanes) is 2. The molecule has 1 amide bonds. The number of esters is 1. The molecule has 0 aliphatic carbocycles. The van der Waals surface area contributed by atoms with Crippen LogP contribution in [0.15, 0.2) is 30.3 Å². The van der Waals surface area contributed by atoms with E-state index in [1.54, 1.807) is 24.0 Å². The summed E-state index contributed by atoms with van der Waals surface area (Å²) >= 11 is 0. The first kappa shape index (κ1) is 17.2. The summed E-state index contributed by atoms with van der Waals surface area (Å²) in [6, 6.07) is 9.19. The molecule has 0 N–H and O–H groups in total. The first-order chi connectivity index (χ1) is 10.1. The Labute approximate surface area is 127 Å². The van der Waals surface area contributed by atoms with Crippen LogP contribution in [0.2, 0.25) is 0 Å². The largest absolute Gasteiger partial charge is 0.469 e. The van der Waals surface area contributed by atoms with Gasteiger partial charge in [-0.15, -0.1) is 0 Å². The van der Waals surface area contributed by atoms with Crippen molar-refractivity contribution in [3.63, 3.8) is 0 Å². The van der Waals surface area contributed by atoms with Gasteiger partial charge in [0.2, 0.25) is 0 Å². The molecule has 0 saturated carbocycles. The summed E-state index contributed by atoms with van der Waals surface area (Å²) in [5.41, 5.74) is 0.658. The van der Waals surface area contributed by atoms with Gasteiger partial charge in [0.1, 0.15) is 0 Å². The average molecular weight is 291 g/mol. The molecule has 1 atom stereocenters. The Morgan fingerprint density at radius 2 is 1.86 bits per heavy atom. The van der Waals surface area contributed by atoms with Crippen LogP contribution in [0.5, 0.6) is 0 Å². The zero-order chi connectivity index (χ0) is 15.7. The van der Waals surface area contributed by atoms with Gasteiger partial charge < -0.3 is 9.64 Å². The molecule has 0 fully saturated rings. The highest BCUT2D eigenvalue weighted by Gasteiger charge is 2.22. The Morgan fingerprint density at radius 1 is 1.19 bits per heavy atom. The molecule has 0 saturated heterocycles. The second-order valence-corrected chi connectivity index (χ2v) is 5.25. The Balaban J connectivity index is 2.76. The summed E-state index contributed by atoms with van der Waals surface area (Å²) in [6.45, 7) is 4.98. The summed E-state index contributed by atoms with van der Waals surface area (Å²) in [7, 11) is 1.37. The predicted octanol–water partition coefficient (Wildman–Crippen LogP) is 3.13. The lowest BCUT2D eigenvalue weighted by molar-refractivity contribution is -0.145. The lowest BCUT2D eigenvalue weighted by Gasteiger charge is -2.25. The highest BCUT2D eigenvalue weighted by atomic mass is 16.5. The number of hydrogen-bond acceptors (Lipinski definition) is 3. The van der Waals surface area contributed by atoms with E-state index in [2.05, 4.69) is 6.92 Å². The highest BCUT2D eigenvalue weighted by Crippen LogP contribution is 2.10.